The molecule has 2 atom stereocenters. The minimum atomic E-state index is -0.967. The number of aryl methyl sites for hydroxylation is 1. The number of fused-ring (bicyclic) bond motifs is 1. The van der Waals surface area contributed by atoms with Crippen LogP contribution in [0.2, 0.25) is 0 Å². The molecule has 2 heterocycles. The van der Waals surface area contributed by atoms with Gasteiger partial charge in [-0.1, -0.05) is 43.7 Å². The van der Waals surface area contributed by atoms with Gasteiger partial charge in [0.2, 0.25) is 18.6 Å². The smallest absolute Gasteiger partial charge is 0.251 e. The highest BCUT2D eigenvalue weighted by molar-refractivity contribution is 6.05. The summed E-state index contributed by atoms with van der Waals surface area (Å²) in [7, 11) is 0. The summed E-state index contributed by atoms with van der Waals surface area (Å²) < 4.78 is 10.7. The summed E-state index contributed by atoms with van der Waals surface area (Å²) in [6.45, 7) is 7.05. The number of aromatic hydroxyl groups is 2. The van der Waals surface area contributed by atoms with Crippen molar-refractivity contribution in [1.29, 1.82) is 0 Å². The Bertz CT molecular complexity index is 1360. The number of amides is 2. The van der Waals surface area contributed by atoms with Crippen molar-refractivity contribution in [3.05, 3.63) is 70.3 Å². The van der Waals surface area contributed by atoms with Gasteiger partial charge in [0.1, 0.15) is 0 Å². The highest BCUT2D eigenvalue weighted by atomic mass is 16.7. The molecule has 2 aromatic carbocycles. The van der Waals surface area contributed by atoms with E-state index in [9.17, 15) is 24.6 Å². The molecule has 200 valence electrons. The predicted octanol–water partition coefficient (Wildman–Crippen LogP) is 3.66. The van der Waals surface area contributed by atoms with Crippen LogP contribution in [0, 0.1) is 19.8 Å². The highest BCUT2D eigenvalue weighted by Gasteiger charge is 2.31. The molecule has 38 heavy (non-hydrogen) atoms. The molecular formula is C28H31N3O7. The topological polar surface area (TPSA) is 150 Å². The highest BCUT2D eigenvalue weighted by Crippen LogP contribution is 2.33. The summed E-state index contributed by atoms with van der Waals surface area (Å²) in [6, 6.07) is 10.6. The van der Waals surface area contributed by atoms with Gasteiger partial charge in [-0.3, -0.25) is 19.4 Å². The Morgan fingerprint density at radius 3 is 2.26 bits per heavy atom. The maximum Gasteiger partial charge on any atom is 0.251 e. The lowest BCUT2D eigenvalue weighted by molar-refractivity contribution is -0.122. The van der Waals surface area contributed by atoms with E-state index < -0.39 is 35.6 Å². The summed E-state index contributed by atoms with van der Waals surface area (Å²) in [5, 5.41) is 25.6. The molecule has 0 saturated heterocycles. The average Bonchev–Trinajstić information content (AvgIpc) is 3.44. The SMILES string of the molecule is Cc1ccc(C(CC(=O)N[C@H](C(=O)c2c(O)[nH]c(O)c2C)C(C)C)NC(=O)c2ccc3c(c2)OCO3)cc1. The molecule has 5 N–H and O–H groups in total. The number of aromatic amines is 1. The average molecular weight is 522 g/mol. The fourth-order valence-corrected chi connectivity index (χ4v) is 4.30. The van der Waals surface area contributed by atoms with Crippen LogP contribution in [0.1, 0.15) is 63.7 Å². The second-order valence-electron chi connectivity index (χ2n) is 9.68. The van der Waals surface area contributed by atoms with Gasteiger partial charge in [-0.15, -0.1) is 0 Å². The van der Waals surface area contributed by atoms with Crippen molar-refractivity contribution < 1.29 is 34.1 Å². The van der Waals surface area contributed by atoms with Gasteiger partial charge in [-0.2, -0.15) is 0 Å². The lowest BCUT2D eigenvalue weighted by Crippen LogP contribution is -2.45. The zero-order valence-electron chi connectivity index (χ0n) is 21.6. The fraction of sp³-hybridized carbons (Fsp3) is 0.321. The molecule has 0 saturated carbocycles. The van der Waals surface area contributed by atoms with E-state index in [1.54, 1.807) is 32.0 Å². The molecule has 2 amide bonds. The summed E-state index contributed by atoms with van der Waals surface area (Å²) in [4.78, 5) is 41.9. The van der Waals surface area contributed by atoms with Crippen LogP contribution < -0.4 is 20.1 Å². The summed E-state index contributed by atoms with van der Waals surface area (Å²) in [6.07, 6.45) is -0.140. The molecule has 10 nitrogen and oxygen atoms in total. The molecule has 0 bridgehead atoms. The number of aromatic nitrogens is 1. The molecule has 0 spiro atoms. The lowest BCUT2D eigenvalue weighted by Gasteiger charge is -2.24. The third-order valence-corrected chi connectivity index (χ3v) is 6.53. The minimum absolute atomic E-state index is 0.0762. The van der Waals surface area contributed by atoms with Gasteiger partial charge in [0, 0.05) is 11.1 Å². The number of hydrogen-bond acceptors (Lipinski definition) is 7. The van der Waals surface area contributed by atoms with Crippen LogP contribution in [0.25, 0.3) is 0 Å². The van der Waals surface area contributed by atoms with Gasteiger partial charge in [0.05, 0.1) is 24.1 Å². The number of ether oxygens (including phenoxy) is 2. The van der Waals surface area contributed by atoms with Crippen LogP contribution in [-0.4, -0.2) is 45.6 Å². The number of H-pyrrole nitrogens is 1. The molecule has 3 aromatic rings. The largest absolute Gasteiger partial charge is 0.494 e. The van der Waals surface area contributed by atoms with Crippen molar-refractivity contribution in [3.8, 4) is 23.3 Å². The van der Waals surface area contributed by atoms with E-state index in [0.29, 0.717) is 17.1 Å². The molecule has 10 heteroatoms. The number of carbonyl (C=O) groups excluding carboxylic acids is 3. The predicted molar refractivity (Wildman–Crippen MR) is 139 cm³/mol. The second-order valence-corrected chi connectivity index (χ2v) is 9.68. The Morgan fingerprint density at radius 1 is 0.947 bits per heavy atom. The zero-order valence-corrected chi connectivity index (χ0v) is 21.6. The first kappa shape index (κ1) is 26.6. The molecular weight excluding hydrogens is 490 g/mol. The quantitative estimate of drug-likeness (QED) is 0.270. The first-order chi connectivity index (χ1) is 18.0. The van der Waals surface area contributed by atoms with E-state index in [2.05, 4.69) is 15.6 Å². The maximum atomic E-state index is 13.2. The molecule has 4 rings (SSSR count). The van der Waals surface area contributed by atoms with Crippen molar-refractivity contribution in [3.63, 3.8) is 0 Å². The van der Waals surface area contributed by atoms with E-state index in [4.69, 9.17) is 9.47 Å². The minimum Gasteiger partial charge on any atom is -0.494 e. The number of carbonyl (C=O) groups is 3. The third kappa shape index (κ3) is 5.59. The van der Waals surface area contributed by atoms with Crippen LogP contribution >= 0.6 is 0 Å². The summed E-state index contributed by atoms with van der Waals surface area (Å²) in [5.41, 5.74) is 2.21. The molecule has 1 aromatic heterocycles. The molecule has 0 radical (unpaired) electrons. The van der Waals surface area contributed by atoms with Gasteiger partial charge < -0.3 is 30.3 Å². The van der Waals surface area contributed by atoms with Gasteiger partial charge >= 0.3 is 0 Å². The second kappa shape index (κ2) is 10.9. The normalized spacial score (nSPS) is 13.7. The van der Waals surface area contributed by atoms with Gasteiger partial charge in [0.15, 0.2) is 23.2 Å². The Kier molecular flexibility index (Phi) is 7.61. The van der Waals surface area contributed by atoms with Crippen molar-refractivity contribution in [2.75, 3.05) is 6.79 Å². The number of hydrogen-bond donors (Lipinski definition) is 5. The molecule has 0 fully saturated rings. The first-order valence-corrected chi connectivity index (χ1v) is 12.3. The number of nitrogens with one attached hydrogen (secondary N) is 3. The summed E-state index contributed by atoms with van der Waals surface area (Å²) >= 11 is 0. The molecule has 0 aliphatic carbocycles. The Labute approximate surface area is 220 Å². The summed E-state index contributed by atoms with van der Waals surface area (Å²) in [5.74, 6) is -1.47. The van der Waals surface area contributed by atoms with Gasteiger partial charge in [-0.25, -0.2) is 0 Å². The monoisotopic (exact) mass is 521 g/mol. The van der Waals surface area contributed by atoms with Crippen LogP contribution in [0.5, 0.6) is 23.3 Å². The van der Waals surface area contributed by atoms with Crippen molar-refractivity contribution in [2.45, 2.75) is 46.2 Å². The Hall–Kier alpha value is -4.47. The molecule has 1 unspecified atom stereocenters. The van der Waals surface area contributed by atoms with E-state index in [1.807, 2.05) is 31.2 Å². The Morgan fingerprint density at radius 2 is 1.63 bits per heavy atom. The van der Waals surface area contributed by atoms with Crippen LogP contribution in [0.3, 0.4) is 0 Å². The molecule has 1 aliphatic heterocycles. The standard InChI is InChI=1S/C28H31N3O7/c1-14(2)24(25(33)23-16(4)26(34)31-28(23)36)30-22(32)12-19(17-7-5-15(3)6-8-17)29-27(35)18-9-10-20-21(11-18)38-13-37-20/h5-11,14,19,24,31,34,36H,12-13H2,1-4H3,(H,29,35)(H,30,32)/t19?,24-/m0/s1. The third-order valence-electron chi connectivity index (χ3n) is 6.53. The van der Waals surface area contributed by atoms with Crippen molar-refractivity contribution >= 4 is 17.6 Å². The van der Waals surface area contributed by atoms with Crippen LogP contribution in [0.4, 0.5) is 0 Å². The van der Waals surface area contributed by atoms with Gasteiger partial charge in [0.25, 0.3) is 5.91 Å². The van der Waals surface area contributed by atoms with E-state index in [0.717, 1.165) is 11.1 Å². The molecule has 1 aliphatic rings. The number of rotatable bonds is 9. The van der Waals surface area contributed by atoms with Crippen LogP contribution in [0.15, 0.2) is 42.5 Å². The number of Topliss-reactive ketones (excluding diaryl/α,β-unsaturated/α-hetero) is 1. The maximum absolute atomic E-state index is 13.2. The lowest BCUT2D eigenvalue weighted by atomic mass is 9.93. The van der Waals surface area contributed by atoms with Crippen molar-refractivity contribution in [1.82, 2.24) is 15.6 Å². The van der Waals surface area contributed by atoms with E-state index in [1.165, 1.54) is 6.92 Å². The fourth-order valence-electron chi connectivity index (χ4n) is 4.30. The first-order valence-electron chi connectivity index (χ1n) is 12.3. The number of ketones is 1. The van der Waals surface area contributed by atoms with Gasteiger partial charge in [-0.05, 0) is 43.5 Å². The van der Waals surface area contributed by atoms with Crippen LogP contribution in [-0.2, 0) is 4.79 Å². The Balaban J connectivity index is 1.54. The number of benzene rings is 2. The van der Waals surface area contributed by atoms with E-state index in [-0.39, 0.29) is 36.1 Å². The van der Waals surface area contributed by atoms with Crippen molar-refractivity contribution in [2.24, 2.45) is 5.92 Å². The van der Waals surface area contributed by atoms with E-state index >= 15 is 0 Å². The zero-order chi connectivity index (χ0) is 27.6.